The summed E-state index contributed by atoms with van der Waals surface area (Å²) in [6, 6.07) is 4.16. The summed E-state index contributed by atoms with van der Waals surface area (Å²) in [5.41, 5.74) is 0.688. The van der Waals surface area contributed by atoms with Gasteiger partial charge in [-0.3, -0.25) is 4.57 Å². The van der Waals surface area contributed by atoms with Gasteiger partial charge >= 0.3 is 11.8 Å². The van der Waals surface area contributed by atoms with Crippen molar-refractivity contribution in [1.29, 1.82) is 0 Å². The second-order valence-corrected chi connectivity index (χ2v) is 7.06. The highest BCUT2D eigenvalue weighted by atomic mass is 32.2. The van der Waals surface area contributed by atoms with Crippen LogP contribution in [0.3, 0.4) is 0 Å². The molecule has 23 heavy (non-hydrogen) atoms. The lowest BCUT2D eigenvalue weighted by Gasteiger charge is -2.10. The van der Waals surface area contributed by atoms with Crippen molar-refractivity contribution in [1.82, 2.24) is 14.2 Å². The minimum atomic E-state index is -3.81. The van der Waals surface area contributed by atoms with Crippen LogP contribution in [0.2, 0.25) is 0 Å². The summed E-state index contributed by atoms with van der Waals surface area (Å²) >= 11 is 0. The van der Waals surface area contributed by atoms with Gasteiger partial charge in [0, 0.05) is 26.7 Å². The third kappa shape index (κ3) is 2.82. The maximum atomic E-state index is 12.3. The van der Waals surface area contributed by atoms with Crippen molar-refractivity contribution in [2.45, 2.75) is 11.0 Å². The molecule has 1 fully saturated rings. The molecule has 0 bridgehead atoms. The van der Waals surface area contributed by atoms with Gasteiger partial charge in [0.2, 0.25) is 10.0 Å². The highest BCUT2D eigenvalue weighted by molar-refractivity contribution is 7.89. The molecule has 1 aliphatic rings. The Morgan fingerprint density at radius 1 is 1.30 bits per heavy atom. The number of oxazole rings is 1. The maximum absolute atomic E-state index is 12.3. The van der Waals surface area contributed by atoms with Crippen molar-refractivity contribution >= 4 is 27.2 Å². The van der Waals surface area contributed by atoms with Crippen LogP contribution in [0.5, 0.6) is 0 Å². The molecule has 2 aromatic rings. The molecule has 1 saturated heterocycles. The number of rotatable bonds is 4. The quantitative estimate of drug-likeness (QED) is 0.829. The number of hydrogen-bond acceptors (Lipinski definition) is 6. The van der Waals surface area contributed by atoms with Crippen molar-refractivity contribution in [2.24, 2.45) is 7.05 Å². The summed E-state index contributed by atoms with van der Waals surface area (Å²) in [4.78, 5) is 24.0. The van der Waals surface area contributed by atoms with Gasteiger partial charge in [-0.05, 0) is 12.1 Å². The number of benzene rings is 1. The number of aromatic nitrogens is 1. The molecule has 0 saturated carbocycles. The van der Waals surface area contributed by atoms with Crippen LogP contribution in [0.4, 0.5) is 4.79 Å². The van der Waals surface area contributed by atoms with Gasteiger partial charge in [0.1, 0.15) is 6.10 Å². The van der Waals surface area contributed by atoms with Crippen LogP contribution in [0.1, 0.15) is 0 Å². The average Bonchev–Trinajstić information content (AvgIpc) is 2.97. The summed E-state index contributed by atoms with van der Waals surface area (Å²) in [5.74, 6) is -0.566. The molecule has 2 heterocycles. The number of likely N-dealkylation sites (N-methyl/N-ethyl adjacent to an activating group) is 1. The Kier molecular flexibility index (Phi) is 3.65. The molecule has 10 heteroatoms. The van der Waals surface area contributed by atoms with E-state index in [0.29, 0.717) is 12.1 Å². The molecule has 1 unspecified atom stereocenters. The van der Waals surface area contributed by atoms with Gasteiger partial charge in [0.25, 0.3) is 0 Å². The number of ether oxygens (including phenoxy) is 1. The first-order valence-electron chi connectivity index (χ1n) is 6.79. The molecule has 1 aliphatic heterocycles. The lowest BCUT2D eigenvalue weighted by atomic mass is 10.3. The molecule has 1 N–H and O–H groups in total. The standard InChI is InChI=1S/C13H15N3O6S/c1-15-7-8(21-12(15)17)6-14-23(19,20)9-3-4-10-11(5-9)22-13(18)16(10)2/h3-5,8,14H,6-7H2,1-2H3. The molecule has 0 radical (unpaired) electrons. The monoisotopic (exact) mass is 341 g/mol. The van der Waals surface area contributed by atoms with Crippen LogP contribution >= 0.6 is 0 Å². The average molecular weight is 341 g/mol. The summed E-state index contributed by atoms with van der Waals surface area (Å²) in [7, 11) is -0.704. The number of amides is 1. The van der Waals surface area contributed by atoms with Gasteiger partial charge in [-0.25, -0.2) is 22.7 Å². The molecule has 1 aromatic heterocycles. The smallest absolute Gasteiger partial charge is 0.419 e. The predicted molar refractivity (Wildman–Crippen MR) is 79.5 cm³/mol. The van der Waals surface area contributed by atoms with Crippen molar-refractivity contribution < 1.29 is 22.4 Å². The third-order valence-corrected chi connectivity index (χ3v) is 5.05. The van der Waals surface area contributed by atoms with Crippen LogP contribution in [-0.4, -0.2) is 50.2 Å². The van der Waals surface area contributed by atoms with E-state index in [1.807, 2.05) is 0 Å². The normalized spacial score (nSPS) is 18.6. The highest BCUT2D eigenvalue weighted by Crippen LogP contribution is 2.18. The third-order valence-electron chi connectivity index (χ3n) is 3.63. The number of cyclic esters (lactones) is 1. The lowest BCUT2D eigenvalue weighted by Crippen LogP contribution is -2.34. The molecule has 1 aromatic carbocycles. The number of nitrogens with zero attached hydrogens (tertiary/aromatic N) is 2. The van der Waals surface area contributed by atoms with E-state index in [9.17, 15) is 18.0 Å². The molecule has 9 nitrogen and oxygen atoms in total. The Morgan fingerprint density at radius 2 is 2.04 bits per heavy atom. The Morgan fingerprint density at radius 3 is 2.70 bits per heavy atom. The predicted octanol–water partition coefficient (Wildman–Crippen LogP) is -0.140. The van der Waals surface area contributed by atoms with Crippen LogP contribution in [0, 0.1) is 0 Å². The molecule has 1 atom stereocenters. The fraction of sp³-hybridized carbons (Fsp3) is 0.385. The van der Waals surface area contributed by atoms with Gasteiger partial charge in [-0.1, -0.05) is 0 Å². The molecular weight excluding hydrogens is 326 g/mol. The van der Waals surface area contributed by atoms with E-state index in [2.05, 4.69) is 4.72 Å². The second kappa shape index (κ2) is 5.39. The fourth-order valence-corrected chi connectivity index (χ4v) is 3.40. The minimum Gasteiger partial charge on any atom is -0.443 e. The zero-order chi connectivity index (χ0) is 16.8. The fourth-order valence-electron chi connectivity index (χ4n) is 2.32. The number of aryl methyl sites for hydroxylation is 1. The van der Waals surface area contributed by atoms with Crippen LogP contribution in [0.15, 0.2) is 32.3 Å². The molecular formula is C13H15N3O6S. The van der Waals surface area contributed by atoms with Gasteiger partial charge in [-0.15, -0.1) is 0 Å². The van der Waals surface area contributed by atoms with E-state index in [1.54, 1.807) is 7.05 Å². The number of carbonyl (C=O) groups is 1. The first kappa shape index (κ1) is 15.6. The summed E-state index contributed by atoms with van der Waals surface area (Å²) < 4.78 is 38.2. The molecule has 1 amide bonds. The molecule has 0 spiro atoms. The van der Waals surface area contributed by atoms with Gasteiger partial charge in [-0.2, -0.15) is 0 Å². The highest BCUT2D eigenvalue weighted by Gasteiger charge is 2.29. The Balaban J connectivity index is 1.79. The summed E-state index contributed by atoms with van der Waals surface area (Å²) in [5, 5.41) is 0. The van der Waals surface area contributed by atoms with Crippen LogP contribution in [-0.2, 0) is 21.8 Å². The lowest BCUT2D eigenvalue weighted by molar-refractivity contribution is 0.135. The second-order valence-electron chi connectivity index (χ2n) is 5.29. The first-order chi connectivity index (χ1) is 10.8. The molecule has 124 valence electrons. The number of carbonyl (C=O) groups excluding carboxylic acids is 1. The van der Waals surface area contributed by atoms with E-state index in [4.69, 9.17) is 9.15 Å². The Labute approximate surface area is 131 Å². The Hall–Kier alpha value is -2.33. The van der Waals surface area contributed by atoms with Crippen molar-refractivity contribution in [3.05, 3.63) is 28.7 Å². The van der Waals surface area contributed by atoms with E-state index in [-0.39, 0.29) is 17.0 Å². The van der Waals surface area contributed by atoms with E-state index >= 15 is 0 Å². The zero-order valence-electron chi connectivity index (χ0n) is 12.5. The van der Waals surface area contributed by atoms with E-state index < -0.39 is 28.0 Å². The number of fused-ring (bicyclic) bond motifs is 1. The SMILES string of the molecule is CN1CC(CNS(=O)(=O)c2ccc3c(c2)oc(=O)n3C)OC1=O. The zero-order valence-corrected chi connectivity index (χ0v) is 13.3. The van der Waals surface area contributed by atoms with Gasteiger partial charge in [0.05, 0.1) is 17.0 Å². The maximum Gasteiger partial charge on any atom is 0.419 e. The van der Waals surface area contributed by atoms with E-state index in [1.165, 1.54) is 34.7 Å². The molecule has 3 rings (SSSR count). The van der Waals surface area contributed by atoms with Gasteiger partial charge < -0.3 is 14.1 Å². The van der Waals surface area contributed by atoms with Crippen LogP contribution in [0.25, 0.3) is 11.1 Å². The van der Waals surface area contributed by atoms with Gasteiger partial charge in [0.15, 0.2) is 5.58 Å². The van der Waals surface area contributed by atoms with Crippen LogP contribution < -0.4 is 10.5 Å². The minimum absolute atomic E-state index is 0.0305. The Bertz CT molecular complexity index is 929. The number of hydrogen-bond donors (Lipinski definition) is 1. The van der Waals surface area contributed by atoms with Crippen molar-refractivity contribution in [2.75, 3.05) is 20.1 Å². The van der Waals surface area contributed by atoms with E-state index in [0.717, 1.165) is 0 Å². The van der Waals surface area contributed by atoms with Crippen molar-refractivity contribution in [3.8, 4) is 0 Å². The van der Waals surface area contributed by atoms with Crippen molar-refractivity contribution in [3.63, 3.8) is 0 Å². The number of nitrogens with one attached hydrogen (secondary N) is 1. The number of sulfonamides is 1. The largest absolute Gasteiger partial charge is 0.443 e. The summed E-state index contributed by atoms with van der Waals surface area (Å²) in [6.45, 7) is 0.281. The summed E-state index contributed by atoms with van der Waals surface area (Å²) in [6.07, 6.45) is -1.03. The molecule has 0 aliphatic carbocycles. The topological polar surface area (TPSA) is 111 Å². The first-order valence-corrected chi connectivity index (χ1v) is 8.27.